The van der Waals surface area contributed by atoms with Gasteiger partial charge in [0.2, 0.25) is 0 Å². The van der Waals surface area contributed by atoms with E-state index in [4.69, 9.17) is 9.47 Å². The van der Waals surface area contributed by atoms with Crippen molar-refractivity contribution in [1.82, 2.24) is 4.90 Å². The third-order valence-electron chi connectivity index (χ3n) is 3.22. The van der Waals surface area contributed by atoms with Gasteiger partial charge < -0.3 is 19.7 Å². The minimum atomic E-state index is 0.371. The molecule has 106 valence electrons. The number of hydrogen-bond acceptors (Lipinski definition) is 4. The van der Waals surface area contributed by atoms with Gasteiger partial charge in [0.25, 0.3) is 0 Å². The molecule has 4 heteroatoms. The Morgan fingerprint density at radius 2 is 2.11 bits per heavy atom. The van der Waals surface area contributed by atoms with Gasteiger partial charge in [-0.05, 0) is 51.2 Å². The fourth-order valence-electron chi connectivity index (χ4n) is 2.05. The molecular formula is C15H24N2O2. The van der Waals surface area contributed by atoms with E-state index in [0.717, 1.165) is 37.7 Å². The van der Waals surface area contributed by atoms with Gasteiger partial charge in [0.15, 0.2) is 0 Å². The largest absolute Gasteiger partial charge is 0.492 e. The summed E-state index contributed by atoms with van der Waals surface area (Å²) in [6.07, 6.45) is 2.72. The van der Waals surface area contributed by atoms with Crippen molar-refractivity contribution in [2.45, 2.75) is 18.9 Å². The van der Waals surface area contributed by atoms with Gasteiger partial charge in [0.05, 0.1) is 6.10 Å². The zero-order chi connectivity index (χ0) is 13.5. The molecule has 0 spiro atoms. The quantitative estimate of drug-likeness (QED) is 0.819. The van der Waals surface area contributed by atoms with Crippen molar-refractivity contribution in [3.8, 4) is 5.75 Å². The molecule has 1 saturated heterocycles. The maximum atomic E-state index is 5.66. The van der Waals surface area contributed by atoms with Gasteiger partial charge in [0, 0.05) is 25.4 Å². The molecule has 1 fully saturated rings. The highest BCUT2D eigenvalue weighted by Crippen LogP contribution is 2.17. The molecule has 0 amide bonds. The van der Waals surface area contributed by atoms with Crippen LogP contribution in [0.2, 0.25) is 0 Å². The molecular weight excluding hydrogens is 240 g/mol. The highest BCUT2D eigenvalue weighted by atomic mass is 16.5. The van der Waals surface area contributed by atoms with Crippen LogP contribution in [0.3, 0.4) is 0 Å². The van der Waals surface area contributed by atoms with Crippen LogP contribution in [0, 0.1) is 0 Å². The fourth-order valence-corrected chi connectivity index (χ4v) is 2.05. The topological polar surface area (TPSA) is 33.7 Å². The number of anilines is 1. The molecule has 0 aliphatic carbocycles. The molecule has 19 heavy (non-hydrogen) atoms. The van der Waals surface area contributed by atoms with Crippen LogP contribution in [0.1, 0.15) is 12.8 Å². The molecule has 1 aromatic carbocycles. The van der Waals surface area contributed by atoms with E-state index in [9.17, 15) is 0 Å². The Labute approximate surface area is 115 Å². The van der Waals surface area contributed by atoms with Crippen molar-refractivity contribution in [1.29, 1.82) is 0 Å². The first-order valence-electron chi connectivity index (χ1n) is 6.97. The van der Waals surface area contributed by atoms with E-state index in [1.54, 1.807) is 0 Å². The minimum absolute atomic E-state index is 0.371. The predicted molar refractivity (Wildman–Crippen MR) is 78.0 cm³/mol. The lowest BCUT2D eigenvalue weighted by atomic mass is 10.2. The summed E-state index contributed by atoms with van der Waals surface area (Å²) in [6, 6.07) is 8.13. The molecule has 0 aromatic heterocycles. The summed E-state index contributed by atoms with van der Waals surface area (Å²) in [4.78, 5) is 2.11. The number of ether oxygens (including phenoxy) is 2. The third-order valence-corrected chi connectivity index (χ3v) is 3.22. The van der Waals surface area contributed by atoms with Gasteiger partial charge in [-0.1, -0.05) is 0 Å². The lowest BCUT2D eigenvalue weighted by Crippen LogP contribution is -2.19. The van der Waals surface area contributed by atoms with Crippen LogP contribution in [-0.2, 0) is 4.74 Å². The van der Waals surface area contributed by atoms with Crippen LogP contribution in [-0.4, -0.2) is 51.4 Å². The average molecular weight is 264 g/mol. The SMILES string of the molecule is CN(C)CCOc1ccc(NCC2CCCO2)cc1. The number of hydrogen-bond donors (Lipinski definition) is 1. The van der Waals surface area contributed by atoms with Gasteiger partial charge >= 0.3 is 0 Å². The van der Waals surface area contributed by atoms with Gasteiger partial charge in [-0.15, -0.1) is 0 Å². The molecule has 0 saturated carbocycles. The van der Waals surface area contributed by atoms with E-state index in [-0.39, 0.29) is 0 Å². The molecule has 1 N–H and O–H groups in total. The molecule has 1 aliphatic rings. The molecule has 2 rings (SSSR count). The third kappa shape index (κ3) is 5.09. The first-order chi connectivity index (χ1) is 9.24. The van der Waals surface area contributed by atoms with Gasteiger partial charge in [0.1, 0.15) is 12.4 Å². The lowest BCUT2D eigenvalue weighted by Gasteiger charge is -2.13. The second kappa shape index (κ2) is 7.36. The zero-order valence-electron chi connectivity index (χ0n) is 11.9. The Kier molecular flexibility index (Phi) is 5.48. The maximum Gasteiger partial charge on any atom is 0.119 e. The normalized spacial score (nSPS) is 18.8. The summed E-state index contributed by atoms with van der Waals surface area (Å²) in [5.74, 6) is 0.921. The summed E-state index contributed by atoms with van der Waals surface area (Å²) in [7, 11) is 4.09. The summed E-state index contributed by atoms with van der Waals surface area (Å²) >= 11 is 0. The number of nitrogens with zero attached hydrogens (tertiary/aromatic N) is 1. The standard InChI is InChI=1S/C15H24N2O2/c1-17(2)9-11-19-14-7-5-13(6-8-14)16-12-15-4-3-10-18-15/h5-8,15-16H,3-4,9-12H2,1-2H3. The summed E-state index contributed by atoms with van der Waals surface area (Å²) < 4.78 is 11.2. The minimum Gasteiger partial charge on any atom is -0.492 e. The van der Waals surface area contributed by atoms with E-state index in [1.165, 1.54) is 12.8 Å². The van der Waals surface area contributed by atoms with Crippen molar-refractivity contribution in [2.75, 3.05) is 45.7 Å². The van der Waals surface area contributed by atoms with E-state index >= 15 is 0 Å². The van der Waals surface area contributed by atoms with Crippen molar-refractivity contribution in [3.63, 3.8) is 0 Å². The highest BCUT2D eigenvalue weighted by Gasteiger charge is 2.14. The van der Waals surface area contributed by atoms with E-state index in [1.807, 2.05) is 26.2 Å². The van der Waals surface area contributed by atoms with Gasteiger partial charge in [-0.2, -0.15) is 0 Å². The first kappa shape index (κ1) is 14.2. The summed E-state index contributed by atoms with van der Waals surface area (Å²) in [6.45, 7) is 3.44. The Hall–Kier alpha value is -1.26. The average Bonchev–Trinajstić information content (AvgIpc) is 2.90. The molecule has 4 nitrogen and oxygen atoms in total. The second-order valence-electron chi connectivity index (χ2n) is 5.19. The molecule has 0 bridgehead atoms. The summed E-state index contributed by atoms with van der Waals surface area (Å²) in [5.41, 5.74) is 1.12. The van der Waals surface area contributed by atoms with Crippen molar-refractivity contribution in [3.05, 3.63) is 24.3 Å². The predicted octanol–water partition coefficient (Wildman–Crippen LogP) is 2.22. The smallest absolute Gasteiger partial charge is 0.119 e. The summed E-state index contributed by atoms with van der Waals surface area (Å²) in [5, 5.41) is 3.40. The van der Waals surface area contributed by atoms with Crippen LogP contribution in [0.25, 0.3) is 0 Å². The molecule has 1 heterocycles. The molecule has 1 atom stereocenters. The Morgan fingerprint density at radius 1 is 1.32 bits per heavy atom. The maximum absolute atomic E-state index is 5.66. The zero-order valence-corrected chi connectivity index (χ0v) is 11.9. The highest BCUT2D eigenvalue weighted by molar-refractivity contribution is 5.46. The number of nitrogens with one attached hydrogen (secondary N) is 1. The van der Waals surface area contributed by atoms with Crippen molar-refractivity contribution >= 4 is 5.69 Å². The van der Waals surface area contributed by atoms with Crippen molar-refractivity contribution < 1.29 is 9.47 Å². The Balaban J connectivity index is 1.71. The van der Waals surface area contributed by atoms with Crippen LogP contribution in [0.4, 0.5) is 5.69 Å². The number of likely N-dealkylation sites (N-methyl/N-ethyl adjacent to an activating group) is 1. The molecule has 1 aliphatic heterocycles. The van der Waals surface area contributed by atoms with Crippen LogP contribution in [0.15, 0.2) is 24.3 Å². The number of rotatable bonds is 7. The van der Waals surface area contributed by atoms with Gasteiger partial charge in [-0.25, -0.2) is 0 Å². The van der Waals surface area contributed by atoms with Crippen molar-refractivity contribution in [2.24, 2.45) is 0 Å². The lowest BCUT2D eigenvalue weighted by molar-refractivity contribution is 0.120. The number of benzene rings is 1. The van der Waals surface area contributed by atoms with E-state index < -0.39 is 0 Å². The Bertz CT molecular complexity index is 359. The fraction of sp³-hybridized carbons (Fsp3) is 0.600. The monoisotopic (exact) mass is 264 g/mol. The van der Waals surface area contributed by atoms with E-state index in [0.29, 0.717) is 6.10 Å². The van der Waals surface area contributed by atoms with Crippen LogP contribution < -0.4 is 10.1 Å². The van der Waals surface area contributed by atoms with Crippen LogP contribution in [0.5, 0.6) is 5.75 Å². The van der Waals surface area contributed by atoms with Crippen LogP contribution >= 0.6 is 0 Å². The second-order valence-corrected chi connectivity index (χ2v) is 5.19. The first-order valence-corrected chi connectivity index (χ1v) is 6.97. The Morgan fingerprint density at radius 3 is 2.74 bits per heavy atom. The molecule has 0 radical (unpaired) electrons. The van der Waals surface area contributed by atoms with Gasteiger partial charge in [-0.3, -0.25) is 0 Å². The van der Waals surface area contributed by atoms with E-state index in [2.05, 4.69) is 22.3 Å². The molecule has 1 unspecified atom stereocenters. The molecule has 1 aromatic rings.